The number of aryl methyl sites for hydroxylation is 1. The Labute approximate surface area is 176 Å². The molecule has 1 atom stereocenters. The van der Waals surface area contributed by atoms with Crippen molar-refractivity contribution in [2.75, 3.05) is 18.0 Å². The fraction of sp³-hybridized carbons (Fsp3) is 0.304. The number of rotatable bonds is 7. The largest absolute Gasteiger partial charge is 0.371 e. The summed E-state index contributed by atoms with van der Waals surface area (Å²) in [6, 6.07) is 16.6. The summed E-state index contributed by atoms with van der Waals surface area (Å²) >= 11 is 0. The number of amides is 3. The molecule has 0 spiro atoms. The van der Waals surface area contributed by atoms with E-state index in [9.17, 15) is 9.59 Å². The standard InChI is InChI=1S/C23H25N5O2/c1-4-27(14-8-13-24)20-12-11-18(17(2)15-20)16-25-28-21(29)23(3,26-22(28)30)19-9-6-5-7-10-19/h5-7,9-12,15-16H,4,8,14H2,1-3H3,(H,26,30)/b25-16-/t23-/m0/s1. The van der Waals surface area contributed by atoms with Crippen molar-refractivity contribution in [2.24, 2.45) is 5.10 Å². The molecule has 2 aromatic carbocycles. The van der Waals surface area contributed by atoms with E-state index in [0.717, 1.165) is 28.4 Å². The number of carbonyl (C=O) groups is 2. The van der Waals surface area contributed by atoms with E-state index in [1.54, 1.807) is 19.1 Å². The lowest BCUT2D eigenvalue weighted by atomic mass is 9.92. The van der Waals surface area contributed by atoms with Crippen LogP contribution in [0.1, 0.15) is 37.0 Å². The van der Waals surface area contributed by atoms with Gasteiger partial charge in [0.05, 0.1) is 18.7 Å². The van der Waals surface area contributed by atoms with Crippen molar-refractivity contribution < 1.29 is 9.59 Å². The van der Waals surface area contributed by atoms with Crippen LogP contribution in [0.4, 0.5) is 10.5 Å². The van der Waals surface area contributed by atoms with Crippen molar-refractivity contribution in [1.29, 1.82) is 5.26 Å². The van der Waals surface area contributed by atoms with E-state index >= 15 is 0 Å². The minimum atomic E-state index is -1.14. The van der Waals surface area contributed by atoms with Crippen LogP contribution in [-0.4, -0.2) is 36.3 Å². The summed E-state index contributed by atoms with van der Waals surface area (Å²) in [6.07, 6.45) is 1.99. The Kier molecular flexibility index (Phi) is 6.17. The summed E-state index contributed by atoms with van der Waals surface area (Å²) in [6.45, 7) is 7.14. The molecule has 1 saturated heterocycles. The summed E-state index contributed by atoms with van der Waals surface area (Å²) < 4.78 is 0. The zero-order chi connectivity index (χ0) is 21.7. The van der Waals surface area contributed by atoms with Crippen LogP contribution in [0.25, 0.3) is 0 Å². The van der Waals surface area contributed by atoms with Gasteiger partial charge in [-0.15, -0.1) is 5.01 Å². The first-order valence-electron chi connectivity index (χ1n) is 9.89. The van der Waals surface area contributed by atoms with Crippen molar-refractivity contribution in [3.63, 3.8) is 0 Å². The first kappa shape index (κ1) is 21.1. The highest BCUT2D eigenvalue weighted by atomic mass is 16.2. The number of hydrogen-bond acceptors (Lipinski definition) is 5. The molecule has 30 heavy (non-hydrogen) atoms. The first-order valence-corrected chi connectivity index (χ1v) is 9.89. The number of urea groups is 1. The Morgan fingerprint density at radius 1 is 1.23 bits per heavy atom. The molecule has 7 nitrogen and oxygen atoms in total. The predicted octanol–water partition coefficient (Wildman–Crippen LogP) is 3.54. The monoisotopic (exact) mass is 403 g/mol. The van der Waals surface area contributed by atoms with Crippen LogP contribution in [0.5, 0.6) is 0 Å². The fourth-order valence-corrected chi connectivity index (χ4v) is 3.47. The summed E-state index contributed by atoms with van der Waals surface area (Å²) in [4.78, 5) is 27.5. The van der Waals surface area contributed by atoms with Crippen LogP contribution >= 0.6 is 0 Å². The van der Waals surface area contributed by atoms with Gasteiger partial charge in [0, 0.05) is 18.8 Å². The number of nitrogens with one attached hydrogen (secondary N) is 1. The van der Waals surface area contributed by atoms with Crippen LogP contribution < -0.4 is 10.2 Å². The Morgan fingerprint density at radius 3 is 2.60 bits per heavy atom. The highest BCUT2D eigenvalue weighted by Gasteiger charge is 2.49. The SMILES string of the molecule is CCN(CCC#N)c1ccc(/C=N\N2C(=O)N[C@@](C)(c3ccccc3)C2=O)c(C)c1. The molecule has 1 N–H and O–H groups in total. The zero-order valence-corrected chi connectivity index (χ0v) is 17.4. The van der Waals surface area contributed by atoms with Gasteiger partial charge < -0.3 is 10.2 Å². The van der Waals surface area contributed by atoms with Gasteiger partial charge in [-0.2, -0.15) is 10.4 Å². The molecular weight excluding hydrogens is 378 g/mol. The lowest BCUT2D eigenvalue weighted by Gasteiger charge is -2.22. The normalized spacial score (nSPS) is 18.5. The number of hydrazone groups is 1. The molecule has 1 aliphatic rings. The van der Waals surface area contributed by atoms with Gasteiger partial charge in [-0.1, -0.05) is 36.4 Å². The van der Waals surface area contributed by atoms with Gasteiger partial charge in [0.1, 0.15) is 5.54 Å². The number of nitriles is 1. The molecule has 3 amide bonds. The molecule has 2 aromatic rings. The molecule has 0 saturated carbocycles. The van der Waals surface area contributed by atoms with Crippen molar-refractivity contribution in [1.82, 2.24) is 10.3 Å². The molecule has 1 aliphatic heterocycles. The van der Waals surface area contributed by atoms with Crippen molar-refractivity contribution in [3.8, 4) is 6.07 Å². The van der Waals surface area contributed by atoms with Crippen LogP contribution in [-0.2, 0) is 10.3 Å². The van der Waals surface area contributed by atoms with Gasteiger partial charge in [0.2, 0.25) is 0 Å². The maximum absolute atomic E-state index is 12.9. The molecule has 0 bridgehead atoms. The predicted molar refractivity (Wildman–Crippen MR) is 116 cm³/mol. The zero-order valence-electron chi connectivity index (χ0n) is 17.4. The summed E-state index contributed by atoms with van der Waals surface area (Å²) in [5.74, 6) is -0.419. The second-order valence-electron chi connectivity index (χ2n) is 7.31. The van der Waals surface area contributed by atoms with E-state index in [4.69, 9.17) is 5.26 Å². The van der Waals surface area contributed by atoms with E-state index in [0.29, 0.717) is 18.5 Å². The quantitative estimate of drug-likeness (QED) is 0.566. The van der Waals surface area contributed by atoms with Crippen molar-refractivity contribution in [3.05, 3.63) is 65.2 Å². The van der Waals surface area contributed by atoms with Gasteiger partial charge in [-0.3, -0.25) is 4.79 Å². The molecule has 1 heterocycles. The summed E-state index contributed by atoms with van der Waals surface area (Å²) in [7, 11) is 0. The lowest BCUT2D eigenvalue weighted by molar-refractivity contribution is -0.131. The Morgan fingerprint density at radius 2 is 1.97 bits per heavy atom. The van der Waals surface area contributed by atoms with Gasteiger partial charge in [-0.25, -0.2) is 4.79 Å². The average Bonchev–Trinajstić information content (AvgIpc) is 2.97. The van der Waals surface area contributed by atoms with Crippen molar-refractivity contribution >= 4 is 23.8 Å². The number of hydrogen-bond donors (Lipinski definition) is 1. The third kappa shape index (κ3) is 4.03. The number of anilines is 1. The lowest BCUT2D eigenvalue weighted by Crippen LogP contribution is -2.40. The maximum Gasteiger partial charge on any atom is 0.346 e. The van der Waals surface area contributed by atoms with E-state index in [2.05, 4.69) is 21.4 Å². The molecule has 1 fully saturated rings. The minimum Gasteiger partial charge on any atom is -0.371 e. The van der Waals surface area contributed by atoms with Crippen LogP contribution in [0.3, 0.4) is 0 Å². The molecule has 0 radical (unpaired) electrons. The number of carbonyl (C=O) groups excluding carboxylic acids is 2. The third-order valence-electron chi connectivity index (χ3n) is 5.33. The van der Waals surface area contributed by atoms with Crippen molar-refractivity contribution in [2.45, 2.75) is 32.7 Å². The molecule has 154 valence electrons. The molecule has 0 aromatic heterocycles. The number of nitrogens with zero attached hydrogens (tertiary/aromatic N) is 4. The smallest absolute Gasteiger partial charge is 0.346 e. The molecule has 3 rings (SSSR count). The Balaban J connectivity index is 1.80. The Bertz CT molecular complexity index is 1010. The van der Waals surface area contributed by atoms with E-state index in [-0.39, 0.29) is 0 Å². The van der Waals surface area contributed by atoms with E-state index in [1.165, 1.54) is 6.21 Å². The van der Waals surface area contributed by atoms with E-state index < -0.39 is 17.5 Å². The van der Waals surface area contributed by atoms with Gasteiger partial charge in [-0.05, 0) is 49.6 Å². The molecular formula is C23H25N5O2. The topological polar surface area (TPSA) is 88.8 Å². The molecule has 0 aliphatic carbocycles. The maximum atomic E-state index is 12.9. The summed E-state index contributed by atoms with van der Waals surface area (Å²) in [5, 5.41) is 16.6. The Hall–Kier alpha value is -3.66. The van der Waals surface area contributed by atoms with E-state index in [1.807, 2.05) is 50.2 Å². The number of imide groups is 1. The fourth-order valence-electron chi connectivity index (χ4n) is 3.47. The first-order chi connectivity index (χ1) is 14.4. The molecule has 7 heteroatoms. The third-order valence-corrected chi connectivity index (χ3v) is 5.33. The van der Waals surface area contributed by atoms with Crippen LogP contribution in [0.2, 0.25) is 0 Å². The molecule has 0 unspecified atom stereocenters. The second kappa shape index (κ2) is 8.78. The van der Waals surface area contributed by atoms with Gasteiger partial charge in [0.15, 0.2) is 0 Å². The second-order valence-corrected chi connectivity index (χ2v) is 7.31. The van der Waals surface area contributed by atoms with Crippen LogP contribution in [0.15, 0.2) is 53.6 Å². The van der Waals surface area contributed by atoms with Gasteiger partial charge in [0.25, 0.3) is 5.91 Å². The summed E-state index contributed by atoms with van der Waals surface area (Å²) in [5.41, 5.74) is 2.36. The number of benzene rings is 2. The highest BCUT2D eigenvalue weighted by molar-refractivity contribution is 6.07. The van der Waals surface area contributed by atoms with Gasteiger partial charge >= 0.3 is 6.03 Å². The minimum absolute atomic E-state index is 0.419. The van der Waals surface area contributed by atoms with Crippen LogP contribution in [0, 0.1) is 18.3 Å². The highest BCUT2D eigenvalue weighted by Crippen LogP contribution is 2.29. The average molecular weight is 403 g/mol.